The van der Waals surface area contributed by atoms with Crippen molar-refractivity contribution >= 4 is 96.7 Å². The van der Waals surface area contributed by atoms with E-state index in [0.717, 1.165) is 0 Å². The van der Waals surface area contributed by atoms with E-state index in [0.29, 0.717) is 0 Å². The van der Waals surface area contributed by atoms with Crippen LogP contribution in [0.2, 0.25) is 0 Å². The van der Waals surface area contributed by atoms with Crippen LogP contribution in [0.3, 0.4) is 0 Å². The number of para-hydroxylation sites is 3. The Kier molecular flexibility index (Phi) is 5.96. The van der Waals surface area contributed by atoms with Crippen LogP contribution in [0.4, 0.5) is 0 Å². The SMILES string of the molecule is c1cc(-c2cc3ccccc3c3ccccc23)cc(-n2c3ccccc3c3c4sc5ccc(-n6c7ccccc7c7ccccc76)cc5c4ccc32)c1. The molecule has 0 spiro atoms. The van der Waals surface area contributed by atoms with Gasteiger partial charge in [-0.05, 0) is 93.3 Å². The lowest BCUT2D eigenvalue weighted by Gasteiger charge is -2.13. The van der Waals surface area contributed by atoms with Crippen molar-refractivity contribution in [1.82, 2.24) is 9.13 Å². The lowest BCUT2D eigenvalue weighted by molar-refractivity contribution is 1.18. The predicted octanol–water partition coefficient (Wildman–Crippen LogP) is 14.2. The highest BCUT2D eigenvalue weighted by Crippen LogP contribution is 2.45. The van der Waals surface area contributed by atoms with Gasteiger partial charge in [-0.15, -0.1) is 11.3 Å². The minimum absolute atomic E-state index is 1.17. The van der Waals surface area contributed by atoms with Gasteiger partial charge < -0.3 is 9.13 Å². The fourth-order valence-electron chi connectivity index (χ4n) is 9.00. The topological polar surface area (TPSA) is 9.86 Å². The standard InChI is InChI=1S/C50H30N2S/c1-2-15-35-32(12-1)29-42(37-17-4-3-16-36(35)37)31-13-11-14-33(28-31)52-46-23-10-7-20-41(46)49-47(52)26-25-40-43-30-34(24-27-48(43)53-50(40)49)51-44-21-8-5-18-38(44)39-19-6-9-22-45(39)51/h1-30H. The maximum Gasteiger partial charge on any atom is 0.0555 e. The van der Waals surface area contributed by atoms with Crippen molar-refractivity contribution in [2.45, 2.75) is 0 Å². The summed E-state index contributed by atoms with van der Waals surface area (Å²) >= 11 is 1.91. The number of hydrogen-bond acceptors (Lipinski definition) is 1. The zero-order valence-corrected chi connectivity index (χ0v) is 29.4. The molecular formula is C50H30N2S. The Labute approximate surface area is 309 Å². The first-order valence-corrected chi connectivity index (χ1v) is 19.0. The molecule has 0 fully saturated rings. The third-order valence-electron chi connectivity index (χ3n) is 11.3. The van der Waals surface area contributed by atoms with Crippen molar-refractivity contribution in [1.29, 1.82) is 0 Å². The van der Waals surface area contributed by atoms with Crippen molar-refractivity contribution in [2.75, 3.05) is 0 Å². The second-order valence-corrected chi connectivity index (χ2v) is 15.1. The normalized spacial score (nSPS) is 12.2. The van der Waals surface area contributed by atoms with E-state index in [1.54, 1.807) is 0 Å². The Morgan fingerprint density at radius 3 is 1.72 bits per heavy atom. The summed E-state index contributed by atoms with van der Waals surface area (Å²) in [6.45, 7) is 0. The zero-order chi connectivity index (χ0) is 34.6. The molecule has 9 aromatic carbocycles. The Morgan fingerprint density at radius 2 is 0.943 bits per heavy atom. The summed E-state index contributed by atoms with van der Waals surface area (Å²) in [4.78, 5) is 0. The summed E-state index contributed by atoms with van der Waals surface area (Å²) in [6.07, 6.45) is 0. The van der Waals surface area contributed by atoms with Crippen LogP contribution in [0.25, 0.3) is 108 Å². The molecule has 0 N–H and O–H groups in total. The highest BCUT2D eigenvalue weighted by molar-refractivity contribution is 7.26. The second kappa shape index (κ2) is 10.9. The van der Waals surface area contributed by atoms with Gasteiger partial charge in [-0.2, -0.15) is 0 Å². The van der Waals surface area contributed by atoms with Gasteiger partial charge in [0, 0.05) is 53.1 Å². The monoisotopic (exact) mass is 690 g/mol. The smallest absolute Gasteiger partial charge is 0.0555 e. The Morgan fingerprint density at radius 1 is 0.340 bits per heavy atom. The van der Waals surface area contributed by atoms with Gasteiger partial charge >= 0.3 is 0 Å². The van der Waals surface area contributed by atoms with E-state index in [9.17, 15) is 0 Å². The lowest BCUT2D eigenvalue weighted by atomic mass is 9.93. The summed E-state index contributed by atoms with van der Waals surface area (Å²) in [5.74, 6) is 0. The Bertz CT molecular complexity index is 3410. The minimum Gasteiger partial charge on any atom is -0.309 e. The Hall–Kier alpha value is -6.68. The molecule has 3 heteroatoms. The molecule has 0 aliphatic heterocycles. The first kappa shape index (κ1) is 29.0. The third-order valence-corrected chi connectivity index (χ3v) is 12.5. The molecule has 3 heterocycles. The molecule has 53 heavy (non-hydrogen) atoms. The molecule has 0 atom stereocenters. The van der Waals surface area contributed by atoms with E-state index in [4.69, 9.17) is 0 Å². The first-order valence-electron chi connectivity index (χ1n) is 18.2. The van der Waals surface area contributed by atoms with E-state index < -0.39 is 0 Å². The van der Waals surface area contributed by atoms with E-state index in [-0.39, 0.29) is 0 Å². The van der Waals surface area contributed by atoms with Crippen LogP contribution in [-0.4, -0.2) is 9.13 Å². The van der Waals surface area contributed by atoms with E-state index >= 15 is 0 Å². The molecule has 0 saturated carbocycles. The maximum atomic E-state index is 2.46. The molecule has 0 amide bonds. The molecular weight excluding hydrogens is 661 g/mol. The van der Waals surface area contributed by atoms with Crippen LogP contribution in [0, 0.1) is 0 Å². The summed E-state index contributed by atoms with van der Waals surface area (Å²) in [6, 6.07) is 67.1. The fourth-order valence-corrected chi connectivity index (χ4v) is 10.2. The molecule has 0 saturated heterocycles. The van der Waals surface area contributed by atoms with Gasteiger partial charge in [-0.1, -0.05) is 121 Å². The zero-order valence-electron chi connectivity index (χ0n) is 28.6. The molecule has 2 nitrogen and oxygen atoms in total. The molecule has 0 aliphatic carbocycles. The summed E-state index contributed by atoms with van der Waals surface area (Å²) in [7, 11) is 0. The number of fused-ring (bicyclic) bond motifs is 13. The number of nitrogens with zero attached hydrogens (tertiary/aromatic N) is 2. The lowest BCUT2D eigenvalue weighted by Crippen LogP contribution is -1.94. The van der Waals surface area contributed by atoms with Crippen LogP contribution in [0.1, 0.15) is 0 Å². The number of aromatic nitrogens is 2. The average Bonchev–Trinajstić information content (AvgIpc) is 3.88. The molecule has 0 bridgehead atoms. The van der Waals surface area contributed by atoms with Crippen molar-refractivity contribution in [2.24, 2.45) is 0 Å². The Balaban J connectivity index is 1.08. The van der Waals surface area contributed by atoms with Crippen LogP contribution >= 0.6 is 11.3 Å². The van der Waals surface area contributed by atoms with E-state index in [1.165, 1.54) is 108 Å². The van der Waals surface area contributed by atoms with Gasteiger partial charge in [0.05, 0.1) is 22.1 Å². The van der Waals surface area contributed by atoms with E-state index in [1.807, 2.05) is 11.3 Å². The van der Waals surface area contributed by atoms with Gasteiger partial charge in [-0.3, -0.25) is 0 Å². The fraction of sp³-hybridized carbons (Fsp3) is 0. The first-order chi connectivity index (χ1) is 26.3. The highest BCUT2D eigenvalue weighted by atomic mass is 32.1. The van der Waals surface area contributed by atoms with Crippen LogP contribution in [0.5, 0.6) is 0 Å². The molecule has 246 valence electrons. The van der Waals surface area contributed by atoms with Crippen LogP contribution in [-0.2, 0) is 0 Å². The molecule has 12 rings (SSSR count). The maximum absolute atomic E-state index is 2.46. The number of thiophene rings is 1. The molecule has 0 unspecified atom stereocenters. The summed E-state index contributed by atoms with van der Waals surface area (Å²) < 4.78 is 7.52. The van der Waals surface area contributed by atoms with Crippen molar-refractivity contribution in [3.63, 3.8) is 0 Å². The minimum atomic E-state index is 1.17. The van der Waals surface area contributed by atoms with Crippen molar-refractivity contribution < 1.29 is 0 Å². The number of benzene rings is 9. The quantitative estimate of drug-likeness (QED) is 0.163. The number of hydrogen-bond donors (Lipinski definition) is 0. The summed E-state index contributed by atoms with van der Waals surface area (Å²) in [5, 5.41) is 12.9. The summed E-state index contributed by atoms with van der Waals surface area (Å²) in [5.41, 5.74) is 9.75. The molecule has 12 aromatic rings. The van der Waals surface area contributed by atoms with Gasteiger partial charge in [0.2, 0.25) is 0 Å². The van der Waals surface area contributed by atoms with Gasteiger partial charge in [0.15, 0.2) is 0 Å². The molecule has 0 radical (unpaired) electrons. The average molecular weight is 691 g/mol. The van der Waals surface area contributed by atoms with Gasteiger partial charge in [-0.25, -0.2) is 0 Å². The van der Waals surface area contributed by atoms with Crippen LogP contribution < -0.4 is 0 Å². The number of rotatable bonds is 3. The highest BCUT2D eigenvalue weighted by Gasteiger charge is 2.19. The van der Waals surface area contributed by atoms with Crippen molar-refractivity contribution in [3.05, 3.63) is 182 Å². The van der Waals surface area contributed by atoms with Gasteiger partial charge in [0.25, 0.3) is 0 Å². The van der Waals surface area contributed by atoms with Crippen LogP contribution in [0.15, 0.2) is 182 Å². The van der Waals surface area contributed by atoms with Gasteiger partial charge in [0.1, 0.15) is 0 Å². The van der Waals surface area contributed by atoms with Crippen molar-refractivity contribution in [3.8, 4) is 22.5 Å². The molecule has 0 aliphatic rings. The van der Waals surface area contributed by atoms with E-state index in [2.05, 4.69) is 191 Å². The second-order valence-electron chi connectivity index (χ2n) is 14.1. The predicted molar refractivity (Wildman–Crippen MR) is 228 cm³/mol. The molecule has 3 aromatic heterocycles. The largest absolute Gasteiger partial charge is 0.309 e. The third kappa shape index (κ3) is 4.08.